The second-order valence-corrected chi connectivity index (χ2v) is 6.01. The minimum Gasteiger partial charge on any atom is -0.466 e. The van der Waals surface area contributed by atoms with Crippen LogP contribution in [0, 0.1) is 5.41 Å². The van der Waals surface area contributed by atoms with Gasteiger partial charge in [-0.05, 0) is 18.3 Å². The minimum absolute atomic E-state index is 0.0851. The summed E-state index contributed by atoms with van der Waals surface area (Å²) < 4.78 is 5.15. The molecule has 0 heterocycles. The molecule has 0 fully saturated rings. The average Bonchev–Trinajstić information content (AvgIpc) is 2.14. The second-order valence-electron chi connectivity index (χ2n) is 6.01. The van der Waals surface area contributed by atoms with Gasteiger partial charge < -0.3 is 10.5 Å². The molecule has 1 atom stereocenters. The van der Waals surface area contributed by atoms with Crippen LogP contribution in [0.5, 0.6) is 0 Å². The number of carbonyl (C=O) groups is 1. The minimum atomic E-state index is -0.154. The van der Waals surface area contributed by atoms with Crippen molar-refractivity contribution in [1.29, 1.82) is 0 Å². The first-order chi connectivity index (χ1) is 7.85. The number of esters is 1. The van der Waals surface area contributed by atoms with E-state index in [0.29, 0.717) is 13.0 Å². The Hall–Kier alpha value is -0.570. The molecule has 0 aromatic carbocycles. The van der Waals surface area contributed by atoms with Crippen molar-refractivity contribution in [3.63, 3.8) is 0 Å². The Kier molecular flexibility index (Phi) is 8.23. The van der Waals surface area contributed by atoms with Crippen molar-refractivity contribution < 1.29 is 9.53 Å². The Morgan fingerprint density at radius 1 is 1.24 bits per heavy atom. The number of ether oxygens (including phenoxy) is 1. The summed E-state index contributed by atoms with van der Waals surface area (Å²) in [6, 6.07) is -0.0851. The maximum Gasteiger partial charge on any atom is 0.307 e. The van der Waals surface area contributed by atoms with Gasteiger partial charge in [0.2, 0.25) is 0 Å². The van der Waals surface area contributed by atoms with E-state index in [2.05, 4.69) is 27.7 Å². The van der Waals surface area contributed by atoms with Gasteiger partial charge in [-0.15, -0.1) is 0 Å². The van der Waals surface area contributed by atoms with Gasteiger partial charge in [-0.25, -0.2) is 0 Å². The fourth-order valence-corrected chi connectivity index (χ4v) is 1.85. The van der Waals surface area contributed by atoms with Crippen LogP contribution in [0.3, 0.4) is 0 Å². The predicted octanol–water partition coefficient (Wildman–Crippen LogP) is 3.26. The number of unbranched alkanes of at least 4 members (excludes halogenated alkanes) is 3. The first kappa shape index (κ1) is 16.4. The molecule has 3 heteroatoms. The van der Waals surface area contributed by atoms with Gasteiger partial charge in [0.15, 0.2) is 0 Å². The molecule has 0 saturated heterocycles. The number of rotatable bonds is 8. The lowest BCUT2D eigenvalue weighted by atomic mass is 9.87. The standard InChI is InChI=1S/C14H29NO2/c1-5-6-7-8-9-17-13(16)10-12(15)11-14(2,3)4/h12H,5-11,15H2,1-4H3. The summed E-state index contributed by atoms with van der Waals surface area (Å²) in [6.45, 7) is 9.09. The highest BCUT2D eigenvalue weighted by Gasteiger charge is 2.18. The molecule has 3 nitrogen and oxygen atoms in total. The van der Waals surface area contributed by atoms with E-state index in [4.69, 9.17) is 10.5 Å². The molecule has 102 valence electrons. The predicted molar refractivity (Wildman–Crippen MR) is 71.8 cm³/mol. The van der Waals surface area contributed by atoms with Crippen molar-refractivity contribution in [2.45, 2.75) is 72.3 Å². The van der Waals surface area contributed by atoms with Crippen molar-refractivity contribution in [3.05, 3.63) is 0 Å². The fraction of sp³-hybridized carbons (Fsp3) is 0.929. The maximum absolute atomic E-state index is 11.5. The normalized spacial score (nSPS) is 13.5. The van der Waals surface area contributed by atoms with E-state index < -0.39 is 0 Å². The largest absolute Gasteiger partial charge is 0.466 e. The van der Waals surface area contributed by atoms with Crippen molar-refractivity contribution in [2.24, 2.45) is 11.1 Å². The molecule has 0 saturated carbocycles. The molecule has 0 aliphatic carbocycles. The van der Waals surface area contributed by atoms with Gasteiger partial charge in [-0.1, -0.05) is 47.0 Å². The summed E-state index contributed by atoms with van der Waals surface area (Å²) in [7, 11) is 0. The van der Waals surface area contributed by atoms with Crippen LogP contribution in [0.25, 0.3) is 0 Å². The topological polar surface area (TPSA) is 52.3 Å². The van der Waals surface area contributed by atoms with E-state index in [1.54, 1.807) is 0 Å². The van der Waals surface area contributed by atoms with E-state index >= 15 is 0 Å². The molecule has 17 heavy (non-hydrogen) atoms. The molecule has 0 aliphatic heterocycles. The number of hydrogen-bond donors (Lipinski definition) is 1. The molecular formula is C14H29NO2. The van der Waals surface area contributed by atoms with Crippen LogP contribution in [0.4, 0.5) is 0 Å². The molecule has 0 amide bonds. The van der Waals surface area contributed by atoms with Crippen LogP contribution in [-0.4, -0.2) is 18.6 Å². The highest BCUT2D eigenvalue weighted by atomic mass is 16.5. The zero-order valence-corrected chi connectivity index (χ0v) is 11.9. The van der Waals surface area contributed by atoms with Crippen molar-refractivity contribution in [2.75, 3.05) is 6.61 Å². The number of nitrogens with two attached hydrogens (primary N) is 1. The third-order valence-corrected chi connectivity index (χ3v) is 2.56. The highest BCUT2D eigenvalue weighted by molar-refractivity contribution is 5.70. The van der Waals surface area contributed by atoms with E-state index in [9.17, 15) is 4.79 Å². The Morgan fingerprint density at radius 2 is 1.88 bits per heavy atom. The quantitative estimate of drug-likeness (QED) is 0.526. The molecule has 0 aromatic rings. The molecule has 0 aromatic heterocycles. The van der Waals surface area contributed by atoms with E-state index in [0.717, 1.165) is 19.3 Å². The number of carbonyl (C=O) groups excluding carboxylic acids is 1. The Labute approximate surface area is 106 Å². The molecule has 0 spiro atoms. The van der Waals surface area contributed by atoms with Crippen LogP contribution in [-0.2, 0) is 9.53 Å². The van der Waals surface area contributed by atoms with Crippen molar-refractivity contribution in [3.8, 4) is 0 Å². The van der Waals surface area contributed by atoms with Gasteiger partial charge in [0.25, 0.3) is 0 Å². The Morgan fingerprint density at radius 3 is 2.41 bits per heavy atom. The molecule has 1 unspecified atom stereocenters. The summed E-state index contributed by atoms with van der Waals surface area (Å²) in [5.41, 5.74) is 6.08. The van der Waals surface area contributed by atoms with Crippen LogP contribution >= 0.6 is 0 Å². The summed E-state index contributed by atoms with van der Waals surface area (Å²) in [5, 5.41) is 0. The summed E-state index contributed by atoms with van der Waals surface area (Å²) in [5.74, 6) is -0.154. The van der Waals surface area contributed by atoms with Gasteiger partial charge >= 0.3 is 5.97 Å². The molecule has 0 bridgehead atoms. The zero-order chi connectivity index (χ0) is 13.3. The molecule has 0 radical (unpaired) electrons. The van der Waals surface area contributed by atoms with Crippen LogP contribution in [0.15, 0.2) is 0 Å². The van der Waals surface area contributed by atoms with E-state index in [1.165, 1.54) is 12.8 Å². The van der Waals surface area contributed by atoms with E-state index in [1.807, 2.05) is 0 Å². The van der Waals surface area contributed by atoms with Gasteiger partial charge in [-0.3, -0.25) is 4.79 Å². The lowest BCUT2D eigenvalue weighted by molar-refractivity contribution is -0.144. The summed E-state index contributed by atoms with van der Waals surface area (Å²) >= 11 is 0. The van der Waals surface area contributed by atoms with Crippen molar-refractivity contribution >= 4 is 5.97 Å². The first-order valence-corrected chi connectivity index (χ1v) is 6.76. The maximum atomic E-state index is 11.5. The average molecular weight is 243 g/mol. The zero-order valence-electron chi connectivity index (χ0n) is 11.9. The van der Waals surface area contributed by atoms with E-state index in [-0.39, 0.29) is 17.4 Å². The number of hydrogen-bond acceptors (Lipinski definition) is 3. The molecular weight excluding hydrogens is 214 g/mol. The SMILES string of the molecule is CCCCCCOC(=O)CC(N)CC(C)(C)C. The Balaban J connectivity index is 3.58. The Bertz CT molecular complexity index is 209. The lowest BCUT2D eigenvalue weighted by Gasteiger charge is -2.22. The fourth-order valence-electron chi connectivity index (χ4n) is 1.85. The second kappa shape index (κ2) is 8.51. The van der Waals surface area contributed by atoms with Gasteiger partial charge in [0.1, 0.15) is 0 Å². The first-order valence-electron chi connectivity index (χ1n) is 6.76. The van der Waals surface area contributed by atoms with Crippen LogP contribution in [0.2, 0.25) is 0 Å². The van der Waals surface area contributed by atoms with Crippen LogP contribution < -0.4 is 5.73 Å². The summed E-state index contributed by atoms with van der Waals surface area (Å²) in [6.07, 6.45) is 5.69. The van der Waals surface area contributed by atoms with Gasteiger partial charge in [0, 0.05) is 6.04 Å². The molecule has 0 aliphatic rings. The summed E-state index contributed by atoms with van der Waals surface area (Å²) in [4.78, 5) is 11.5. The smallest absolute Gasteiger partial charge is 0.307 e. The van der Waals surface area contributed by atoms with Crippen LogP contribution in [0.1, 0.15) is 66.2 Å². The van der Waals surface area contributed by atoms with Gasteiger partial charge in [-0.2, -0.15) is 0 Å². The van der Waals surface area contributed by atoms with Crippen molar-refractivity contribution in [1.82, 2.24) is 0 Å². The van der Waals surface area contributed by atoms with Gasteiger partial charge in [0.05, 0.1) is 13.0 Å². The molecule has 2 N–H and O–H groups in total. The lowest BCUT2D eigenvalue weighted by Crippen LogP contribution is -2.29. The highest BCUT2D eigenvalue weighted by Crippen LogP contribution is 2.21. The molecule has 0 rings (SSSR count). The third kappa shape index (κ3) is 11.7. The monoisotopic (exact) mass is 243 g/mol. The third-order valence-electron chi connectivity index (χ3n) is 2.56.